The van der Waals surface area contributed by atoms with Gasteiger partial charge in [0.2, 0.25) is 5.91 Å². The molecule has 1 atom stereocenters. The quantitative estimate of drug-likeness (QED) is 0.729. The number of amides is 1. The number of nitrogens with one attached hydrogen (secondary N) is 1. The van der Waals surface area contributed by atoms with Crippen LogP contribution in [0.4, 0.5) is 0 Å². The molecule has 82 valence electrons. The van der Waals surface area contributed by atoms with E-state index >= 15 is 0 Å². The van der Waals surface area contributed by atoms with E-state index in [-0.39, 0.29) is 5.91 Å². The summed E-state index contributed by atoms with van der Waals surface area (Å²) in [6.07, 6.45) is 10.8. The Morgan fingerprint density at radius 1 is 1.47 bits per heavy atom. The van der Waals surface area contributed by atoms with Gasteiger partial charge in [-0.25, -0.2) is 0 Å². The minimum Gasteiger partial charge on any atom is -0.355 e. The summed E-state index contributed by atoms with van der Waals surface area (Å²) < 4.78 is 0. The van der Waals surface area contributed by atoms with Crippen LogP contribution in [0.3, 0.4) is 0 Å². The van der Waals surface area contributed by atoms with Crippen molar-refractivity contribution in [2.45, 2.75) is 12.8 Å². The Labute approximate surface area is 90.8 Å². The molecule has 15 heavy (non-hydrogen) atoms. The molecule has 1 N–H and O–H groups in total. The average Bonchev–Trinajstić information content (AvgIpc) is 2.44. The van der Waals surface area contributed by atoms with E-state index in [4.69, 9.17) is 0 Å². The zero-order chi connectivity index (χ0) is 10.5. The predicted molar refractivity (Wildman–Crippen MR) is 60.5 cm³/mol. The fraction of sp³-hybridized carbons (Fsp3) is 0.583. The van der Waals surface area contributed by atoms with Gasteiger partial charge < -0.3 is 5.32 Å². The molecule has 0 aromatic rings. The maximum absolute atomic E-state index is 11.4. The van der Waals surface area contributed by atoms with Gasteiger partial charge in [-0.15, -0.1) is 0 Å². The second-order valence-electron chi connectivity index (χ2n) is 4.25. The predicted octanol–water partition coefficient (Wildman–Crippen LogP) is 0.941. The molecular formula is C12H18N2O. The van der Waals surface area contributed by atoms with Crippen molar-refractivity contribution in [3.8, 4) is 0 Å². The zero-order valence-corrected chi connectivity index (χ0v) is 8.98. The lowest BCUT2D eigenvalue weighted by Gasteiger charge is -2.23. The van der Waals surface area contributed by atoms with Crippen molar-refractivity contribution in [1.29, 1.82) is 0 Å². The van der Waals surface area contributed by atoms with E-state index in [0.29, 0.717) is 12.5 Å². The molecule has 1 aliphatic heterocycles. The highest BCUT2D eigenvalue weighted by Crippen LogP contribution is 2.13. The fourth-order valence-electron chi connectivity index (χ4n) is 2.12. The first kappa shape index (κ1) is 10.4. The van der Waals surface area contributed by atoms with Crippen molar-refractivity contribution in [2.24, 2.45) is 5.92 Å². The summed E-state index contributed by atoms with van der Waals surface area (Å²) in [6.45, 7) is 3.44. The number of hydrogen-bond acceptors (Lipinski definition) is 2. The molecule has 1 fully saturated rings. The molecule has 1 amide bonds. The van der Waals surface area contributed by atoms with Gasteiger partial charge in [-0.3, -0.25) is 9.69 Å². The number of allylic oxidation sites excluding steroid dienone is 3. The molecule has 0 aromatic carbocycles. The summed E-state index contributed by atoms with van der Waals surface area (Å²) in [5.41, 5.74) is 0. The van der Waals surface area contributed by atoms with Crippen molar-refractivity contribution in [1.82, 2.24) is 10.2 Å². The van der Waals surface area contributed by atoms with Gasteiger partial charge in [0, 0.05) is 19.6 Å². The minimum absolute atomic E-state index is 0.169. The largest absolute Gasteiger partial charge is 0.355 e. The Morgan fingerprint density at radius 2 is 2.40 bits per heavy atom. The van der Waals surface area contributed by atoms with Crippen molar-refractivity contribution in [2.75, 3.05) is 26.2 Å². The van der Waals surface area contributed by atoms with Crippen molar-refractivity contribution in [3.05, 3.63) is 24.3 Å². The molecule has 2 aliphatic rings. The molecule has 0 aromatic heterocycles. The molecule has 1 saturated heterocycles. The van der Waals surface area contributed by atoms with E-state index in [1.807, 2.05) is 0 Å². The molecule has 2 rings (SSSR count). The molecule has 1 unspecified atom stereocenters. The maximum atomic E-state index is 11.4. The monoisotopic (exact) mass is 206 g/mol. The smallest absolute Gasteiger partial charge is 0.234 e. The van der Waals surface area contributed by atoms with Crippen LogP contribution < -0.4 is 5.32 Å². The third kappa shape index (κ3) is 3.20. The number of rotatable bonds is 2. The van der Waals surface area contributed by atoms with Gasteiger partial charge in [0.15, 0.2) is 0 Å². The van der Waals surface area contributed by atoms with E-state index in [1.165, 1.54) is 0 Å². The molecule has 1 heterocycles. The summed E-state index contributed by atoms with van der Waals surface area (Å²) in [6, 6.07) is 0. The van der Waals surface area contributed by atoms with Gasteiger partial charge in [0.25, 0.3) is 0 Å². The third-order valence-corrected chi connectivity index (χ3v) is 2.90. The Bertz CT molecular complexity index is 283. The van der Waals surface area contributed by atoms with Crippen LogP contribution in [0.1, 0.15) is 12.8 Å². The molecule has 3 heteroatoms. The molecule has 0 saturated carbocycles. The second-order valence-corrected chi connectivity index (χ2v) is 4.25. The second kappa shape index (κ2) is 5.12. The lowest BCUT2D eigenvalue weighted by atomic mass is 10.0. The summed E-state index contributed by atoms with van der Waals surface area (Å²) in [5.74, 6) is 0.753. The Hall–Kier alpha value is -1.09. The highest BCUT2D eigenvalue weighted by molar-refractivity contribution is 5.78. The lowest BCUT2D eigenvalue weighted by molar-refractivity contribution is -0.121. The molecule has 1 aliphatic carbocycles. The standard InChI is InChI=1S/C12H18N2O/c15-12-10-14(8-4-7-13-12)9-11-5-2-1-3-6-11/h1-3,5,11H,4,6-10H2,(H,13,15). The molecule has 0 radical (unpaired) electrons. The zero-order valence-electron chi connectivity index (χ0n) is 8.98. The van der Waals surface area contributed by atoms with Gasteiger partial charge in [-0.05, 0) is 18.8 Å². The fourth-order valence-corrected chi connectivity index (χ4v) is 2.12. The number of hydrogen-bond donors (Lipinski definition) is 1. The highest BCUT2D eigenvalue weighted by Gasteiger charge is 2.17. The van der Waals surface area contributed by atoms with Crippen LogP contribution in [0.25, 0.3) is 0 Å². The van der Waals surface area contributed by atoms with E-state index in [0.717, 1.165) is 32.5 Å². The van der Waals surface area contributed by atoms with E-state index in [2.05, 4.69) is 34.5 Å². The van der Waals surface area contributed by atoms with Crippen molar-refractivity contribution >= 4 is 5.91 Å². The first-order chi connectivity index (χ1) is 7.34. The van der Waals surface area contributed by atoms with Crippen LogP contribution in [0.2, 0.25) is 0 Å². The number of carbonyl (C=O) groups excluding carboxylic acids is 1. The maximum Gasteiger partial charge on any atom is 0.234 e. The van der Waals surface area contributed by atoms with Crippen molar-refractivity contribution in [3.63, 3.8) is 0 Å². The van der Waals surface area contributed by atoms with Crippen LogP contribution in [0.15, 0.2) is 24.3 Å². The number of nitrogens with zero attached hydrogens (tertiary/aromatic N) is 1. The first-order valence-electron chi connectivity index (χ1n) is 5.67. The van der Waals surface area contributed by atoms with Crippen LogP contribution in [-0.2, 0) is 4.79 Å². The van der Waals surface area contributed by atoms with E-state index in [9.17, 15) is 4.79 Å². The van der Waals surface area contributed by atoms with Crippen LogP contribution >= 0.6 is 0 Å². The van der Waals surface area contributed by atoms with Crippen LogP contribution in [0, 0.1) is 5.92 Å². The Balaban J connectivity index is 1.84. The molecular weight excluding hydrogens is 188 g/mol. The Kier molecular flexibility index (Phi) is 3.56. The average molecular weight is 206 g/mol. The summed E-state index contributed by atoms with van der Waals surface area (Å²) in [5, 5.41) is 2.90. The highest BCUT2D eigenvalue weighted by atomic mass is 16.2. The normalized spacial score (nSPS) is 27.5. The number of carbonyl (C=O) groups is 1. The molecule has 3 nitrogen and oxygen atoms in total. The van der Waals surface area contributed by atoms with E-state index < -0.39 is 0 Å². The van der Waals surface area contributed by atoms with Gasteiger partial charge in [0.05, 0.1) is 6.54 Å². The van der Waals surface area contributed by atoms with E-state index in [1.54, 1.807) is 0 Å². The van der Waals surface area contributed by atoms with Gasteiger partial charge in [-0.2, -0.15) is 0 Å². The van der Waals surface area contributed by atoms with Crippen LogP contribution in [0.5, 0.6) is 0 Å². The van der Waals surface area contributed by atoms with Crippen molar-refractivity contribution < 1.29 is 4.79 Å². The SMILES string of the molecule is O=C1CN(CC2C=CC=CC2)CCCN1. The van der Waals surface area contributed by atoms with Gasteiger partial charge in [0.1, 0.15) is 0 Å². The first-order valence-corrected chi connectivity index (χ1v) is 5.67. The molecule has 0 spiro atoms. The topological polar surface area (TPSA) is 32.3 Å². The summed E-state index contributed by atoms with van der Waals surface area (Å²) in [7, 11) is 0. The Morgan fingerprint density at radius 3 is 3.20 bits per heavy atom. The van der Waals surface area contributed by atoms with Gasteiger partial charge in [-0.1, -0.05) is 24.3 Å². The lowest BCUT2D eigenvalue weighted by Crippen LogP contribution is -2.35. The molecule has 0 bridgehead atoms. The summed E-state index contributed by atoms with van der Waals surface area (Å²) in [4.78, 5) is 13.6. The third-order valence-electron chi connectivity index (χ3n) is 2.90. The summed E-state index contributed by atoms with van der Waals surface area (Å²) >= 11 is 0. The van der Waals surface area contributed by atoms with Gasteiger partial charge >= 0.3 is 0 Å². The minimum atomic E-state index is 0.169. The van der Waals surface area contributed by atoms with Crippen LogP contribution in [-0.4, -0.2) is 37.0 Å².